The molecule has 3 N–H and O–H groups in total. The normalized spacial score (nSPS) is 10.7. The fraction of sp³-hybridized carbons (Fsp3) is 0.318. The molecule has 10 heteroatoms. The Balaban J connectivity index is 1.79. The summed E-state index contributed by atoms with van der Waals surface area (Å²) in [5, 5.41) is 6.98. The first-order chi connectivity index (χ1) is 15.3. The van der Waals surface area contributed by atoms with E-state index in [0.29, 0.717) is 19.0 Å². The Morgan fingerprint density at radius 2 is 1.62 bits per heavy atom. The minimum Gasteiger partial charge on any atom is -0.334 e. The predicted octanol–water partition coefficient (Wildman–Crippen LogP) is 3.17. The number of nitrogens with one attached hydrogen (secondary N) is 3. The van der Waals surface area contributed by atoms with Gasteiger partial charge in [-0.05, 0) is 30.7 Å². The third-order valence-electron chi connectivity index (χ3n) is 4.42. The average Bonchev–Trinajstić information content (AvgIpc) is 2.77. The van der Waals surface area contributed by atoms with Crippen LogP contribution < -0.4 is 16.0 Å². The maximum Gasteiger partial charge on any atom is 0.321 e. The maximum absolute atomic E-state index is 13.7. The van der Waals surface area contributed by atoms with Gasteiger partial charge in [0, 0.05) is 19.5 Å². The molecule has 0 aliphatic carbocycles. The predicted molar refractivity (Wildman–Crippen MR) is 113 cm³/mol. The van der Waals surface area contributed by atoms with Crippen LogP contribution in [0.15, 0.2) is 42.5 Å². The van der Waals surface area contributed by atoms with E-state index in [1.54, 1.807) is 4.90 Å². The van der Waals surface area contributed by atoms with Crippen LogP contribution in [-0.4, -0.2) is 42.4 Å². The number of urea groups is 1. The largest absolute Gasteiger partial charge is 0.334 e. The zero-order valence-corrected chi connectivity index (χ0v) is 17.6. The zero-order chi connectivity index (χ0) is 23.5. The molecule has 0 aromatic heterocycles. The summed E-state index contributed by atoms with van der Waals surface area (Å²) in [4.78, 5) is 37.7. The minimum absolute atomic E-state index is 0.0500. The number of nitrogens with zero attached hydrogens (tertiary/aromatic N) is 1. The molecule has 4 amide bonds. The number of imide groups is 1. The van der Waals surface area contributed by atoms with Crippen LogP contribution in [0.3, 0.4) is 0 Å². The standard InChI is InChI=1S/C22H25F3N4O3/c1-2-11-29(14-19(31)27-17-9-8-16(23)20(24)21(17)25)12-10-18(30)28-22(32)26-13-15-6-4-3-5-7-15/h3-9H,2,10-14H2,1H3,(H,27,31)(H2,26,28,30,32). The topological polar surface area (TPSA) is 90.5 Å². The van der Waals surface area contributed by atoms with Crippen molar-refractivity contribution < 1.29 is 27.6 Å². The first-order valence-corrected chi connectivity index (χ1v) is 10.1. The molecule has 0 bridgehead atoms. The minimum atomic E-state index is -1.67. The molecule has 0 fully saturated rings. The van der Waals surface area contributed by atoms with E-state index in [0.717, 1.165) is 11.6 Å². The van der Waals surface area contributed by atoms with Crippen molar-refractivity contribution in [2.24, 2.45) is 0 Å². The Bertz CT molecular complexity index is 942. The lowest BCUT2D eigenvalue weighted by molar-refractivity contribution is -0.121. The summed E-state index contributed by atoms with van der Waals surface area (Å²) in [5.74, 6) is -5.68. The van der Waals surface area contributed by atoms with Gasteiger partial charge in [-0.25, -0.2) is 18.0 Å². The number of benzene rings is 2. The smallest absolute Gasteiger partial charge is 0.321 e. The summed E-state index contributed by atoms with van der Waals surface area (Å²) in [5.41, 5.74) is 0.408. The summed E-state index contributed by atoms with van der Waals surface area (Å²) in [6.45, 7) is 2.57. The quantitative estimate of drug-likeness (QED) is 0.485. The van der Waals surface area contributed by atoms with Crippen molar-refractivity contribution >= 4 is 23.5 Å². The molecule has 0 aliphatic rings. The number of halogens is 3. The highest BCUT2D eigenvalue weighted by Crippen LogP contribution is 2.19. The monoisotopic (exact) mass is 450 g/mol. The van der Waals surface area contributed by atoms with E-state index in [4.69, 9.17) is 0 Å². The van der Waals surface area contributed by atoms with Crippen LogP contribution in [-0.2, 0) is 16.1 Å². The van der Waals surface area contributed by atoms with E-state index in [-0.39, 0.29) is 26.1 Å². The molecular formula is C22H25F3N4O3. The Morgan fingerprint density at radius 3 is 2.31 bits per heavy atom. The summed E-state index contributed by atoms with van der Waals surface area (Å²) in [7, 11) is 0. The fourth-order valence-electron chi connectivity index (χ4n) is 2.87. The molecule has 0 heterocycles. The van der Waals surface area contributed by atoms with Gasteiger partial charge < -0.3 is 10.6 Å². The molecule has 0 radical (unpaired) electrons. The second kappa shape index (κ2) is 12.5. The van der Waals surface area contributed by atoms with Gasteiger partial charge in [0.05, 0.1) is 12.2 Å². The summed E-state index contributed by atoms with van der Waals surface area (Å²) >= 11 is 0. The van der Waals surface area contributed by atoms with Gasteiger partial charge in [0.2, 0.25) is 11.8 Å². The van der Waals surface area contributed by atoms with E-state index in [2.05, 4.69) is 16.0 Å². The van der Waals surface area contributed by atoms with Gasteiger partial charge in [0.25, 0.3) is 0 Å². The van der Waals surface area contributed by atoms with Crippen molar-refractivity contribution in [1.82, 2.24) is 15.5 Å². The van der Waals surface area contributed by atoms with Crippen LogP contribution in [0.5, 0.6) is 0 Å². The highest BCUT2D eigenvalue weighted by Gasteiger charge is 2.17. The highest BCUT2D eigenvalue weighted by atomic mass is 19.2. The van der Waals surface area contributed by atoms with Gasteiger partial charge in [-0.1, -0.05) is 37.3 Å². The lowest BCUT2D eigenvalue weighted by atomic mass is 10.2. The number of carbonyl (C=O) groups is 3. The second-order valence-corrected chi connectivity index (χ2v) is 7.01. The third-order valence-corrected chi connectivity index (χ3v) is 4.42. The molecule has 2 aromatic rings. The summed E-state index contributed by atoms with van der Waals surface area (Å²) in [6.07, 6.45) is 0.623. The summed E-state index contributed by atoms with van der Waals surface area (Å²) < 4.78 is 40.0. The van der Waals surface area contributed by atoms with Crippen LogP contribution in [0.1, 0.15) is 25.3 Å². The van der Waals surface area contributed by atoms with Crippen LogP contribution in [0.2, 0.25) is 0 Å². The molecule has 2 rings (SSSR count). The SMILES string of the molecule is CCCN(CCC(=O)NC(=O)NCc1ccccc1)CC(=O)Nc1ccc(F)c(F)c1F. The van der Waals surface area contributed by atoms with E-state index in [9.17, 15) is 27.6 Å². The molecule has 0 atom stereocenters. The third kappa shape index (κ3) is 8.03. The first-order valence-electron chi connectivity index (χ1n) is 10.1. The molecule has 0 unspecified atom stereocenters. The lowest BCUT2D eigenvalue weighted by Gasteiger charge is -2.21. The summed E-state index contributed by atoms with van der Waals surface area (Å²) in [6, 6.07) is 10.2. The Morgan fingerprint density at radius 1 is 0.906 bits per heavy atom. The second-order valence-electron chi connectivity index (χ2n) is 7.01. The zero-order valence-electron chi connectivity index (χ0n) is 17.6. The van der Waals surface area contributed by atoms with Gasteiger partial charge >= 0.3 is 6.03 Å². The number of hydrogen-bond acceptors (Lipinski definition) is 4. The first kappa shape index (κ1) is 24.9. The highest BCUT2D eigenvalue weighted by molar-refractivity contribution is 5.94. The number of anilines is 1. The van der Waals surface area contributed by atoms with Gasteiger partial charge in [0.1, 0.15) is 0 Å². The molecule has 2 aromatic carbocycles. The lowest BCUT2D eigenvalue weighted by Crippen LogP contribution is -2.41. The van der Waals surface area contributed by atoms with Gasteiger partial charge in [-0.2, -0.15) is 0 Å². The van der Waals surface area contributed by atoms with Gasteiger partial charge in [-0.3, -0.25) is 19.8 Å². The molecule has 172 valence electrons. The van der Waals surface area contributed by atoms with Crippen molar-refractivity contribution in [2.75, 3.05) is 25.0 Å². The Hall–Kier alpha value is -3.40. The van der Waals surface area contributed by atoms with Crippen molar-refractivity contribution in [1.29, 1.82) is 0 Å². The van der Waals surface area contributed by atoms with Crippen LogP contribution in [0.4, 0.5) is 23.7 Å². The molecule has 0 saturated carbocycles. The Kier molecular flexibility index (Phi) is 9.68. The fourth-order valence-corrected chi connectivity index (χ4v) is 2.87. The van der Waals surface area contributed by atoms with Crippen LogP contribution >= 0.6 is 0 Å². The Labute approximate surface area is 184 Å². The van der Waals surface area contributed by atoms with Crippen LogP contribution in [0, 0.1) is 17.5 Å². The number of rotatable bonds is 10. The van der Waals surface area contributed by atoms with Crippen molar-refractivity contribution in [3.63, 3.8) is 0 Å². The number of amides is 4. The van der Waals surface area contributed by atoms with Gasteiger partial charge in [-0.15, -0.1) is 0 Å². The molecule has 32 heavy (non-hydrogen) atoms. The van der Waals surface area contributed by atoms with E-state index in [1.165, 1.54) is 0 Å². The van der Waals surface area contributed by atoms with Crippen molar-refractivity contribution in [2.45, 2.75) is 26.3 Å². The van der Waals surface area contributed by atoms with Gasteiger partial charge in [0.15, 0.2) is 17.5 Å². The number of carbonyl (C=O) groups excluding carboxylic acids is 3. The van der Waals surface area contributed by atoms with E-state index < -0.39 is 41.0 Å². The molecule has 0 spiro atoms. The molecule has 0 saturated heterocycles. The van der Waals surface area contributed by atoms with Crippen LogP contribution in [0.25, 0.3) is 0 Å². The molecule has 0 aliphatic heterocycles. The molecule has 7 nitrogen and oxygen atoms in total. The van der Waals surface area contributed by atoms with Crippen molar-refractivity contribution in [3.05, 3.63) is 65.5 Å². The van der Waals surface area contributed by atoms with E-state index in [1.807, 2.05) is 37.3 Å². The molecular weight excluding hydrogens is 425 g/mol. The number of hydrogen-bond donors (Lipinski definition) is 3. The maximum atomic E-state index is 13.7. The van der Waals surface area contributed by atoms with Crippen molar-refractivity contribution in [3.8, 4) is 0 Å². The average molecular weight is 450 g/mol. The van der Waals surface area contributed by atoms with E-state index >= 15 is 0 Å².